The minimum atomic E-state index is 0.497. The number of hydrogen-bond acceptors (Lipinski definition) is 4. The molecule has 0 fully saturated rings. The van der Waals surface area contributed by atoms with E-state index in [9.17, 15) is 0 Å². The molecular weight excluding hydrogens is 707 g/mol. The fraction of sp³-hybridized carbons (Fsp3) is 0. The van der Waals surface area contributed by atoms with Gasteiger partial charge in [0, 0.05) is 28.2 Å². The van der Waals surface area contributed by atoms with Crippen LogP contribution in [0.25, 0.3) is 78.2 Å². The second-order valence-electron chi connectivity index (χ2n) is 14.2. The van der Waals surface area contributed by atoms with E-state index in [4.69, 9.17) is 4.42 Å². The molecule has 10 rings (SSSR count). The summed E-state index contributed by atoms with van der Waals surface area (Å²) >= 11 is 0. The van der Waals surface area contributed by atoms with Crippen molar-refractivity contribution in [1.29, 1.82) is 0 Å². The van der Waals surface area contributed by atoms with Crippen molar-refractivity contribution in [3.05, 3.63) is 224 Å². The third-order valence-electron chi connectivity index (χ3n) is 10.7. The molecule has 0 N–H and O–H groups in total. The summed E-state index contributed by atoms with van der Waals surface area (Å²) in [6, 6.07) is 79.0. The Balaban J connectivity index is 0.958. The first kappa shape index (κ1) is 34.7. The number of fused-ring (bicyclic) bond motifs is 1. The number of nitrogens with zero attached hydrogens (tertiary/aromatic N) is 3. The average Bonchev–Trinajstić information content (AvgIpc) is 3.81. The molecule has 10 aromatic rings. The Morgan fingerprint density at radius 3 is 1.24 bits per heavy atom. The molecule has 0 saturated heterocycles. The van der Waals surface area contributed by atoms with Crippen molar-refractivity contribution in [2.24, 2.45) is 0 Å². The van der Waals surface area contributed by atoms with Crippen molar-refractivity contribution < 1.29 is 4.42 Å². The molecule has 9 aromatic carbocycles. The smallest absolute Gasteiger partial charge is 0.248 e. The molecule has 0 spiro atoms. The van der Waals surface area contributed by atoms with E-state index in [1.54, 1.807) is 0 Å². The lowest BCUT2D eigenvalue weighted by atomic mass is 9.89. The van der Waals surface area contributed by atoms with Gasteiger partial charge >= 0.3 is 0 Å². The third-order valence-corrected chi connectivity index (χ3v) is 10.7. The highest BCUT2D eigenvalue weighted by Crippen LogP contribution is 2.41. The molecule has 0 bridgehead atoms. The molecule has 1 heterocycles. The molecule has 274 valence electrons. The summed E-state index contributed by atoms with van der Waals surface area (Å²) in [5, 5.41) is 11.1. The van der Waals surface area contributed by atoms with Crippen LogP contribution in [-0.4, -0.2) is 10.2 Å². The maximum Gasteiger partial charge on any atom is 0.248 e. The topological polar surface area (TPSA) is 42.2 Å². The van der Waals surface area contributed by atoms with Crippen LogP contribution in [0.4, 0.5) is 17.1 Å². The average molecular weight is 744 g/mol. The Morgan fingerprint density at radius 2 is 0.655 bits per heavy atom. The number of hydrogen-bond donors (Lipinski definition) is 0. The van der Waals surface area contributed by atoms with Crippen molar-refractivity contribution in [3.8, 4) is 67.4 Å². The predicted molar refractivity (Wildman–Crippen MR) is 239 cm³/mol. The highest BCUT2D eigenvalue weighted by molar-refractivity contribution is 5.97. The Labute approximate surface area is 338 Å². The predicted octanol–water partition coefficient (Wildman–Crippen LogP) is 14.7. The van der Waals surface area contributed by atoms with Gasteiger partial charge in [0.2, 0.25) is 11.8 Å². The second-order valence-corrected chi connectivity index (χ2v) is 14.2. The van der Waals surface area contributed by atoms with Crippen LogP contribution in [-0.2, 0) is 0 Å². The van der Waals surface area contributed by atoms with E-state index in [2.05, 4.69) is 209 Å². The summed E-state index contributed by atoms with van der Waals surface area (Å²) in [7, 11) is 0. The van der Waals surface area contributed by atoms with Crippen LogP contribution in [0.3, 0.4) is 0 Å². The number of para-hydroxylation sites is 1. The molecule has 0 radical (unpaired) electrons. The normalized spacial score (nSPS) is 11.1. The lowest BCUT2D eigenvalue weighted by Crippen LogP contribution is -2.09. The van der Waals surface area contributed by atoms with Crippen molar-refractivity contribution in [3.63, 3.8) is 0 Å². The number of aromatic nitrogens is 2. The van der Waals surface area contributed by atoms with E-state index in [0.717, 1.165) is 50.4 Å². The molecule has 4 heteroatoms. The van der Waals surface area contributed by atoms with E-state index in [1.807, 2.05) is 30.3 Å². The van der Waals surface area contributed by atoms with Crippen molar-refractivity contribution in [2.75, 3.05) is 4.90 Å². The van der Waals surface area contributed by atoms with Crippen molar-refractivity contribution >= 4 is 27.8 Å². The van der Waals surface area contributed by atoms with Crippen LogP contribution < -0.4 is 4.90 Å². The summed E-state index contributed by atoms with van der Waals surface area (Å²) in [6.45, 7) is 0. The van der Waals surface area contributed by atoms with Gasteiger partial charge in [-0.15, -0.1) is 10.2 Å². The highest BCUT2D eigenvalue weighted by Gasteiger charge is 2.17. The first-order valence-electron chi connectivity index (χ1n) is 19.5. The van der Waals surface area contributed by atoms with E-state index in [1.165, 1.54) is 33.0 Å². The van der Waals surface area contributed by atoms with Gasteiger partial charge in [-0.05, 0) is 116 Å². The van der Waals surface area contributed by atoms with Gasteiger partial charge < -0.3 is 9.32 Å². The molecular formula is C54H37N3O. The molecule has 0 aliphatic carbocycles. The number of rotatable bonds is 9. The van der Waals surface area contributed by atoms with Crippen LogP contribution in [0.5, 0.6) is 0 Å². The SMILES string of the molecule is c1ccc(-c2nnc(-c3ccc(-c4ccccc4-c4ccccc4-c4ccc(N(c5ccccc5)c5ccc(-c6cccc7ccccc67)cc5)cc4)cc3)o2)cc1. The maximum atomic E-state index is 6.04. The van der Waals surface area contributed by atoms with E-state index < -0.39 is 0 Å². The first-order chi connectivity index (χ1) is 28.8. The Bertz CT molecular complexity index is 2970. The lowest BCUT2D eigenvalue weighted by Gasteiger charge is -2.26. The van der Waals surface area contributed by atoms with E-state index >= 15 is 0 Å². The zero-order valence-electron chi connectivity index (χ0n) is 31.6. The Hall–Kier alpha value is -7.82. The molecule has 0 aliphatic rings. The maximum absolute atomic E-state index is 6.04. The summed E-state index contributed by atoms with van der Waals surface area (Å²) < 4.78 is 6.04. The number of benzene rings is 9. The molecule has 0 atom stereocenters. The van der Waals surface area contributed by atoms with Crippen LogP contribution >= 0.6 is 0 Å². The van der Waals surface area contributed by atoms with Gasteiger partial charge in [-0.2, -0.15) is 0 Å². The van der Waals surface area contributed by atoms with Crippen molar-refractivity contribution in [1.82, 2.24) is 10.2 Å². The Kier molecular flexibility index (Phi) is 9.18. The summed E-state index contributed by atoms with van der Waals surface area (Å²) in [5.41, 5.74) is 14.4. The summed E-state index contributed by atoms with van der Waals surface area (Å²) in [6.07, 6.45) is 0. The van der Waals surface area contributed by atoms with Gasteiger partial charge in [-0.3, -0.25) is 0 Å². The van der Waals surface area contributed by atoms with Crippen LogP contribution in [0.1, 0.15) is 0 Å². The zero-order valence-corrected chi connectivity index (χ0v) is 31.6. The third kappa shape index (κ3) is 6.74. The van der Waals surface area contributed by atoms with Gasteiger partial charge in [0.25, 0.3) is 0 Å². The first-order valence-corrected chi connectivity index (χ1v) is 19.5. The largest absolute Gasteiger partial charge is 0.416 e. The van der Waals surface area contributed by atoms with Crippen LogP contribution in [0.15, 0.2) is 229 Å². The second kappa shape index (κ2) is 15.4. The zero-order chi connectivity index (χ0) is 38.7. The van der Waals surface area contributed by atoms with Crippen LogP contribution in [0.2, 0.25) is 0 Å². The molecule has 58 heavy (non-hydrogen) atoms. The van der Waals surface area contributed by atoms with E-state index in [0.29, 0.717) is 11.8 Å². The fourth-order valence-electron chi connectivity index (χ4n) is 7.85. The minimum absolute atomic E-state index is 0.497. The van der Waals surface area contributed by atoms with Gasteiger partial charge in [0.15, 0.2) is 0 Å². The fourth-order valence-corrected chi connectivity index (χ4v) is 7.85. The quantitative estimate of drug-likeness (QED) is 0.148. The molecule has 0 saturated carbocycles. The molecule has 1 aromatic heterocycles. The van der Waals surface area contributed by atoms with Gasteiger partial charge in [-0.25, -0.2) is 0 Å². The molecule has 0 aliphatic heterocycles. The van der Waals surface area contributed by atoms with Gasteiger partial charge in [0.1, 0.15) is 0 Å². The molecule has 0 unspecified atom stereocenters. The monoisotopic (exact) mass is 743 g/mol. The summed E-state index contributed by atoms with van der Waals surface area (Å²) in [4.78, 5) is 2.32. The Morgan fingerprint density at radius 1 is 0.276 bits per heavy atom. The number of anilines is 3. The van der Waals surface area contributed by atoms with Gasteiger partial charge in [-0.1, -0.05) is 164 Å². The minimum Gasteiger partial charge on any atom is -0.416 e. The molecule has 4 nitrogen and oxygen atoms in total. The van der Waals surface area contributed by atoms with Crippen LogP contribution in [0, 0.1) is 0 Å². The highest BCUT2D eigenvalue weighted by atomic mass is 16.4. The molecule has 0 amide bonds. The van der Waals surface area contributed by atoms with E-state index in [-0.39, 0.29) is 0 Å². The van der Waals surface area contributed by atoms with Crippen molar-refractivity contribution in [2.45, 2.75) is 0 Å². The lowest BCUT2D eigenvalue weighted by molar-refractivity contribution is 0.584. The summed E-state index contributed by atoms with van der Waals surface area (Å²) in [5.74, 6) is 1.00. The standard InChI is InChI=1S/C54H37N3O/c1-3-15-42(16-4-1)53-55-56-54(58-53)43-28-26-39(27-29-43)49-21-9-11-23-51(49)52-24-12-10-22-50(52)41-32-36-46(37-33-41)57(44-18-5-2-6-19-44)45-34-30-40(31-35-45)48-25-13-17-38-14-7-8-20-47(38)48/h1-37H. The van der Waals surface area contributed by atoms with Gasteiger partial charge in [0.05, 0.1) is 0 Å².